The molecule has 0 fully saturated rings. The van der Waals surface area contributed by atoms with E-state index in [1.54, 1.807) is 6.92 Å². The molecule has 5 nitrogen and oxygen atoms in total. The van der Waals surface area contributed by atoms with Crippen LogP contribution in [-0.4, -0.2) is 23.5 Å². The van der Waals surface area contributed by atoms with Crippen molar-refractivity contribution in [2.45, 2.75) is 45.6 Å². The minimum atomic E-state index is -1.18. The van der Waals surface area contributed by atoms with Crippen molar-refractivity contribution in [3.8, 4) is 0 Å². The zero-order valence-electron chi connectivity index (χ0n) is 8.69. The van der Waals surface area contributed by atoms with Crippen LogP contribution >= 0.6 is 0 Å². The lowest BCUT2D eigenvalue weighted by Gasteiger charge is -2.07. The van der Waals surface area contributed by atoms with Gasteiger partial charge in [0, 0.05) is 11.3 Å². The molecule has 0 aromatic rings. The summed E-state index contributed by atoms with van der Waals surface area (Å²) in [6, 6.07) is -1.18. The van der Waals surface area contributed by atoms with Crippen molar-refractivity contribution in [2.24, 2.45) is 0 Å². The maximum absolute atomic E-state index is 11.1. The summed E-state index contributed by atoms with van der Waals surface area (Å²) in [6.45, 7) is 3.84. The topological polar surface area (TPSA) is 69.4 Å². The largest absolute Gasteiger partial charge is 0.461 e. The monoisotopic (exact) mass is 203 g/mol. The average molecular weight is 203 g/mol. The van der Waals surface area contributed by atoms with Gasteiger partial charge < -0.3 is 4.74 Å². The predicted octanol–water partition coefficient (Wildman–Crippen LogP) is 1.78. The number of ether oxygens (including phenoxy) is 1. The second-order valence-corrected chi connectivity index (χ2v) is 3.05. The third-order valence-electron chi connectivity index (χ3n) is 1.89. The normalized spacial score (nSPS) is 12.1. The Hall–Kier alpha value is -1.13. The molecule has 0 saturated carbocycles. The van der Waals surface area contributed by atoms with E-state index < -0.39 is 16.9 Å². The number of nitrogens with zero attached hydrogens (tertiary/aromatic N) is 1. The fraction of sp³-hybridized carbons (Fsp3) is 0.889. The predicted molar refractivity (Wildman–Crippen MR) is 51.6 cm³/mol. The smallest absolute Gasteiger partial charge is 0.381 e. The molecule has 0 spiro atoms. The summed E-state index contributed by atoms with van der Waals surface area (Å²) in [5.41, 5.74) is 0. The molecule has 0 aromatic carbocycles. The standard InChI is InChI=1S/C9H17NO4/c1-3-5-6-7-8(10(12)13)9(11)14-4-2/h8H,3-7H2,1-2H3. The van der Waals surface area contributed by atoms with Gasteiger partial charge in [-0.15, -0.1) is 0 Å². The van der Waals surface area contributed by atoms with E-state index in [9.17, 15) is 14.9 Å². The van der Waals surface area contributed by atoms with Crippen LogP contribution in [0.2, 0.25) is 0 Å². The van der Waals surface area contributed by atoms with Crippen LogP contribution in [-0.2, 0) is 9.53 Å². The summed E-state index contributed by atoms with van der Waals surface area (Å²) in [5, 5.41) is 10.5. The van der Waals surface area contributed by atoms with E-state index in [1.807, 2.05) is 6.92 Å². The van der Waals surface area contributed by atoms with Crippen LogP contribution in [0.5, 0.6) is 0 Å². The first-order chi connectivity index (χ1) is 6.63. The third-order valence-corrected chi connectivity index (χ3v) is 1.89. The van der Waals surface area contributed by atoms with Gasteiger partial charge in [0.2, 0.25) is 0 Å². The maximum Gasteiger partial charge on any atom is 0.381 e. The quantitative estimate of drug-likeness (QED) is 0.273. The third kappa shape index (κ3) is 4.79. The van der Waals surface area contributed by atoms with Crippen molar-refractivity contribution >= 4 is 5.97 Å². The van der Waals surface area contributed by atoms with Gasteiger partial charge in [0.15, 0.2) is 0 Å². The van der Waals surface area contributed by atoms with Gasteiger partial charge in [-0.2, -0.15) is 0 Å². The van der Waals surface area contributed by atoms with Crippen LogP contribution in [0, 0.1) is 10.1 Å². The molecule has 0 aliphatic heterocycles. The maximum atomic E-state index is 11.1. The number of unbranched alkanes of at least 4 members (excludes halogenated alkanes) is 2. The van der Waals surface area contributed by atoms with E-state index in [1.165, 1.54) is 0 Å². The van der Waals surface area contributed by atoms with Gasteiger partial charge in [-0.1, -0.05) is 19.8 Å². The van der Waals surface area contributed by atoms with E-state index in [0.29, 0.717) is 6.42 Å². The van der Waals surface area contributed by atoms with Crippen molar-refractivity contribution in [3.05, 3.63) is 10.1 Å². The van der Waals surface area contributed by atoms with Crippen LogP contribution in [0.1, 0.15) is 39.5 Å². The van der Waals surface area contributed by atoms with Gasteiger partial charge in [0.25, 0.3) is 0 Å². The molecule has 0 bridgehead atoms. The lowest BCUT2D eigenvalue weighted by Crippen LogP contribution is -2.31. The highest BCUT2D eigenvalue weighted by molar-refractivity contribution is 5.74. The number of nitro groups is 1. The molecule has 0 radical (unpaired) electrons. The molecular weight excluding hydrogens is 186 g/mol. The van der Waals surface area contributed by atoms with Gasteiger partial charge in [0.1, 0.15) is 0 Å². The molecule has 82 valence electrons. The van der Waals surface area contributed by atoms with Crippen LogP contribution < -0.4 is 0 Å². The molecule has 1 unspecified atom stereocenters. The zero-order valence-corrected chi connectivity index (χ0v) is 8.69. The first-order valence-corrected chi connectivity index (χ1v) is 4.93. The number of carbonyl (C=O) groups excluding carboxylic acids is 1. The Kier molecular flexibility index (Phi) is 6.70. The Bertz CT molecular complexity index is 193. The molecule has 1 atom stereocenters. The first-order valence-electron chi connectivity index (χ1n) is 4.93. The Morgan fingerprint density at radius 2 is 2.07 bits per heavy atom. The Morgan fingerprint density at radius 3 is 2.50 bits per heavy atom. The van der Waals surface area contributed by atoms with Gasteiger partial charge >= 0.3 is 12.0 Å². The van der Waals surface area contributed by atoms with Crippen LogP contribution in [0.4, 0.5) is 0 Å². The lowest BCUT2D eigenvalue weighted by atomic mass is 10.1. The van der Waals surface area contributed by atoms with Gasteiger partial charge in [0.05, 0.1) is 6.61 Å². The van der Waals surface area contributed by atoms with E-state index in [0.717, 1.165) is 12.8 Å². The molecule has 0 saturated heterocycles. The highest BCUT2D eigenvalue weighted by Gasteiger charge is 2.30. The molecule has 0 aliphatic carbocycles. The lowest BCUT2D eigenvalue weighted by molar-refractivity contribution is -0.511. The fourth-order valence-corrected chi connectivity index (χ4v) is 1.14. The molecule has 5 heteroatoms. The molecule has 0 N–H and O–H groups in total. The molecule has 14 heavy (non-hydrogen) atoms. The summed E-state index contributed by atoms with van der Waals surface area (Å²) >= 11 is 0. The van der Waals surface area contributed by atoms with Gasteiger partial charge in [-0.05, 0) is 13.3 Å². The zero-order chi connectivity index (χ0) is 11.0. The molecule has 0 aromatic heterocycles. The summed E-state index contributed by atoms with van der Waals surface area (Å²) in [5.74, 6) is -0.714. The molecule has 0 rings (SSSR count). The van der Waals surface area contributed by atoms with Crippen molar-refractivity contribution in [1.29, 1.82) is 0 Å². The summed E-state index contributed by atoms with van der Waals surface area (Å²) in [6.07, 6.45) is 2.86. The van der Waals surface area contributed by atoms with E-state index in [-0.39, 0.29) is 13.0 Å². The van der Waals surface area contributed by atoms with Crippen molar-refractivity contribution in [2.75, 3.05) is 6.61 Å². The van der Waals surface area contributed by atoms with Crippen molar-refractivity contribution in [3.63, 3.8) is 0 Å². The minimum Gasteiger partial charge on any atom is -0.461 e. The Morgan fingerprint density at radius 1 is 1.43 bits per heavy atom. The molecule has 0 aliphatic rings. The van der Waals surface area contributed by atoms with Crippen molar-refractivity contribution in [1.82, 2.24) is 0 Å². The molecule has 0 amide bonds. The average Bonchev–Trinajstić information content (AvgIpc) is 2.12. The SMILES string of the molecule is CCCCCC(C(=O)OCC)[N+](=O)[O-]. The minimum absolute atomic E-state index is 0.191. The van der Waals surface area contributed by atoms with Gasteiger partial charge in [-0.3, -0.25) is 10.1 Å². The van der Waals surface area contributed by atoms with Crippen molar-refractivity contribution < 1.29 is 14.5 Å². The Balaban J connectivity index is 4.01. The van der Waals surface area contributed by atoms with E-state index in [4.69, 9.17) is 0 Å². The summed E-state index contributed by atoms with van der Waals surface area (Å²) < 4.78 is 4.62. The second-order valence-electron chi connectivity index (χ2n) is 3.05. The first kappa shape index (κ1) is 12.9. The number of hydrogen-bond donors (Lipinski definition) is 0. The molecular formula is C9H17NO4. The van der Waals surface area contributed by atoms with Crippen LogP contribution in [0.3, 0.4) is 0 Å². The molecule has 0 heterocycles. The Labute approximate surface area is 83.6 Å². The number of esters is 1. The summed E-state index contributed by atoms with van der Waals surface area (Å²) in [4.78, 5) is 21.1. The number of rotatable bonds is 7. The van der Waals surface area contributed by atoms with Crippen LogP contribution in [0.15, 0.2) is 0 Å². The van der Waals surface area contributed by atoms with E-state index in [2.05, 4.69) is 4.74 Å². The van der Waals surface area contributed by atoms with Gasteiger partial charge in [-0.25, -0.2) is 4.79 Å². The van der Waals surface area contributed by atoms with E-state index >= 15 is 0 Å². The highest BCUT2D eigenvalue weighted by atomic mass is 16.6. The highest BCUT2D eigenvalue weighted by Crippen LogP contribution is 2.07. The fourth-order valence-electron chi connectivity index (χ4n) is 1.14. The number of carbonyl (C=O) groups is 1. The van der Waals surface area contributed by atoms with Crippen LogP contribution in [0.25, 0.3) is 0 Å². The summed E-state index contributed by atoms with van der Waals surface area (Å²) in [7, 11) is 0. The second kappa shape index (κ2) is 7.29. The number of hydrogen-bond acceptors (Lipinski definition) is 4.